The minimum absolute atomic E-state index is 0.0578. The van der Waals surface area contributed by atoms with Crippen molar-refractivity contribution in [2.24, 2.45) is 11.1 Å². The zero-order chi connectivity index (χ0) is 14.8. The lowest BCUT2D eigenvalue weighted by Crippen LogP contribution is -2.50. The van der Waals surface area contributed by atoms with Gasteiger partial charge in [0.2, 0.25) is 5.91 Å². The molecule has 4 nitrogen and oxygen atoms in total. The normalized spacial score (nSPS) is 16.4. The van der Waals surface area contributed by atoms with Crippen molar-refractivity contribution in [1.82, 2.24) is 4.90 Å². The highest BCUT2D eigenvalue weighted by Crippen LogP contribution is 2.41. The number of hydrogen-bond donors (Lipinski definition) is 1. The Morgan fingerprint density at radius 2 is 2.20 bits per heavy atom. The van der Waals surface area contributed by atoms with Gasteiger partial charge in [0.1, 0.15) is 0 Å². The molecule has 0 spiro atoms. The van der Waals surface area contributed by atoms with Gasteiger partial charge < -0.3 is 15.4 Å². The van der Waals surface area contributed by atoms with E-state index in [2.05, 4.69) is 0 Å². The molecule has 0 unspecified atom stereocenters. The Hall–Kier alpha value is -1.62. The predicted molar refractivity (Wildman–Crippen MR) is 74.8 cm³/mol. The highest BCUT2D eigenvalue weighted by molar-refractivity contribution is 5.83. The van der Waals surface area contributed by atoms with Crippen molar-refractivity contribution < 1.29 is 13.9 Å². The molecule has 110 valence electrons. The minimum atomic E-state index is -0.414. The number of halogens is 1. The average Bonchev–Trinajstić information content (AvgIpc) is 2.38. The van der Waals surface area contributed by atoms with Crippen LogP contribution < -0.4 is 10.5 Å². The molecule has 1 amide bonds. The minimum Gasteiger partial charge on any atom is -0.494 e. The molecule has 0 heterocycles. The monoisotopic (exact) mass is 280 g/mol. The third-order valence-corrected chi connectivity index (χ3v) is 4.14. The molecule has 1 aliphatic carbocycles. The second-order valence-electron chi connectivity index (χ2n) is 5.47. The lowest BCUT2D eigenvalue weighted by Gasteiger charge is -2.41. The molecule has 0 aromatic heterocycles. The van der Waals surface area contributed by atoms with E-state index in [9.17, 15) is 9.18 Å². The Labute approximate surface area is 118 Å². The smallest absolute Gasteiger partial charge is 0.230 e. The van der Waals surface area contributed by atoms with Crippen LogP contribution in [-0.4, -0.2) is 31.5 Å². The summed E-state index contributed by atoms with van der Waals surface area (Å²) in [4.78, 5) is 14.1. The van der Waals surface area contributed by atoms with E-state index in [1.54, 1.807) is 24.1 Å². The van der Waals surface area contributed by atoms with Gasteiger partial charge in [-0.05, 0) is 30.5 Å². The summed E-state index contributed by atoms with van der Waals surface area (Å²) in [5.41, 5.74) is 6.09. The van der Waals surface area contributed by atoms with Crippen LogP contribution in [0.5, 0.6) is 5.75 Å². The first-order valence-corrected chi connectivity index (χ1v) is 6.80. The quantitative estimate of drug-likeness (QED) is 0.896. The molecule has 1 saturated carbocycles. The lowest BCUT2D eigenvalue weighted by molar-refractivity contribution is -0.145. The standard InChI is InChI=1S/C15H21FN2O2/c1-18(14(19)15(10-17)6-3-7-15)9-11-4-5-13(20-2)12(16)8-11/h4-5,8H,3,6-7,9-10,17H2,1-2H3. The number of hydrogen-bond acceptors (Lipinski definition) is 3. The SMILES string of the molecule is COc1ccc(CN(C)C(=O)C2(CN)CCC2)cc1F. The molecule has 2 rings (SSSR count). The van der Waals surface area contributed by atoms with E-state index in [0.717, 1.165) is 24.8 Å². The molecule has 20 heavy (non-hydrogen) atoms. The summed E-state index contributed by atoms with van der Waals surface area (Å²) in [6.07, 6.45) is 2.75. The molecule has 1 aliphatic rings. The molecule has 1 fully saturated rings. The highest BCUT2D eigenvalue weighted by Gasteiger charge is 2.44. The van der Waals surface area contributed by atoms with Crippen molar-refractivity contribution in [3.05, 3.63) is 29.6 Å². The summed E-state index contributed by atoms with van der Waals surface area (Å²) in [6.45, 7) is 0.759. The van der Waals surface area contributed by atoms with E-state index in [1.165, 1.54) is 13.2 Å². The highest BCUT2D eigenvalue weighted by atomic mass is 19.1. The lowest BCUT2D eigenvalue weighted by atomic mass is 9.68. The number of methoxy groups -OCH3 is 1. The van der Waals surface area contributed by atoms with Crippen LogP contribution >= 0.6 is 0 Å². The van der Waals surface area contributed by atoms with Crippen LogP contribution in [0.1, 0.15) is 24.8 Å². The largest absolute Gasteiger partial charge is 0.494 e. The first-order chi connectivity index (χ1) is 9.52. The molecular weight excluding hydrogens is 259 g/mol. The summed E-state index contributed by atoms with van der Waals surface area (Å²) >= 11 is 0. The average molecular weight is 280 g/mol. The van der Waals surface area contributed by atoms with Crippen LogP contribution in [0.25, 0.3) is 0 Å². The van der Waals surface area contributed by atoms with E-state index in [1.807, 2.05) is 0 Å². The maximum atomic E-state index is 13.6. The number of amides is 1. The summed E-state index contributed by atoms with van der Waals surface area (Å²) in [6, 6.07) is 4.74. The molecule has 0 radical (unpaired) electrons. The van der Waals surface area contributed by atoms with Gasteiger partial charge >= 0.3 is 0 Å². The topological polar surface area (TPSA) is 55.6 Å². The van der Waals surface area contributed by atoms with Crippen LogP contribution in [-0.2, 0) is 11.3 Å². The molecule has 0 aliphatic heterocycles. The van der Waals surface area contributed by atoms with Crippen molar-refractivity contribution in [3.63, 3.8) is 0 Å². The first-order valence-electron chi connectivity index (χ1n) is 6.80. The van der Waals surface area contributed by atoms with Crippen molar-refractivity contribution >= 4 is 5.91 Å². The zero-order valence-corrected chi connectivity index (χ0v) is 12.0. The Morgan fingerprint density at radius 3 is 2.65 bits per heavy atom. The Bertz CT molecular complexity index is 495. The Kier molecular flexibility index (Phi) is 4.28. The molecule has 1 aromatic rings. The molecular formula is C15H21FN2O2. The van der Waals surface area contributed by atoms with E-state index in [4.69, 9.17) is 10.5 Å². The van der Waals surface area contributed by atoms with Crippen LogP contribution in [0.2, 0.25) is 0 Å². The number of benzene rings is 1. The first kappa shape index (κ1) is 14.8. The summed E-state index contributed by atoms with van der Waals surface area (Å²) in [5, 5.41) is 0. The van der Waals surface area contributed by atoms with Gasteiger partial charge in [-0.3, -0.25) is 4.79 Å². The van der Waals surface area contributed by atoms with Crippen molar-refractivity contribution in [2.45, 2.75) is 25.8 Å². The predicted octanol–water partition coefficient (Wildman–Crippen LogP) is 1.92. The second-order valence-corrected chi connectivity index (χ2v) is 5.47. The maximum Gasteiger partial charge on any atom is 0.230 e. The molecule has 2 N–H and O–H groups in total. The van der Waals surface area contributed by atoms with Gasteiger partial charge in [-0.2, -0.15) is 0 Å². The fraction of sp³-hybridized carbons (Fsp3) is 0.533. The molecule has 0 atom stereocenters. The summed E-state index contributed by atoms with van der Waals surface area (Å²) in [5.74, 6) is -0.148. The number of carbonyl (C=O) groups excluding carboxylic acids is 1. The van der Waals surface area contributed by atoms with Gasteiger partial charge in [0.05, 0.1) is 12.5 Å². The van der Waals surface area contributed by atoms with Gasteiger partial charge in [-0.25, -0.2) is 4.39 Å². The van der Waals surface area contributed by atoms with Crippen LogP contribution in [0.3, 0.4) is 0 Å². The number of carbonyl (C=O) groups is 1. The zero-order valence-electron chi connectivity index (χ0n) is 12.0. The molecule has 5 heteroatoms. The van der Waals surface area contributed by atoms with E-state index in [0.29, 0.717) is 13.1 Å². The van der Waals surface area contributed by atoms with Crippen LogP contribution in [0.15, 0.2) is 18.2 Å². The Balaban J connectivity index is 2.06. The summed E-state index contributed by atoms with van der Waals surface area (Å²) < 4.78 is 18.5. The van der Waals surface area contributed by atoms with E-state index >= 15 is 0 Å². The van der Waals surface area contributed by atoms with Crippen molar-refractivity contribution in [3.8, 4) is 5.75 Å². The third kappa shape index (κ3) is 2.63. The molecule has 1 aromatic carbocycles. The number of rotatable bonds is 5. The van der Waals surface area contributed by atoms with Gasteiger partial charge in [-0.15, -0.1) is 0 Å². The molecule has 0 bridgehead atoms. The fourth-order valence-corrected chi connectivity index (χ4v) is 2.67. The van der Waals surface area contributed by atoms with Gasteiger partial charge in [0.15, 0.2) is 11.6 Å². The maximum absolute atomic E-state index is 13.6. The van der Waals surface area contributed by atoms with Gasteiger partial charge in [0.25, 0.3) is 0 Å². The number of ether oxygens (including phenoxy) is 1. The van der Waals surface area contributed by atoms with E-state index < -0.39 is 5.82 Å². The van der Waals surface area contributed by atoms with Gasteiger partial charge in [-0.1, -0.05) is 12.5 Å². The van der Waals surface area contributed by atoms with Crippen LogP contribution in [0.4, 0.5) is 4.39 Å². The van der Waals surface area contributed by atoms with Crippen molar-refractivity contribution in [2.75, 3.05) is 20.7 Å². The van der Waals surface area contributed by atoms with E-state index in [-0.39, 0.29) is 17.1 Å². The molecule has 0 saturated heterocycles. The van der Waals surface area contributed by atoms with Crippen molar-refractivity contribution in [1.29, 1.82) is 0 Å². The number of nitrogens with two attached hydrogens (primary N) is 1. The second kappa shape index (κ2) is 5.79. The third-order valence-electron chi connectivity index (χ3n) is 4.14. The van der Waals surface area contributed by atoms with Gasteiger partial charge in [0, 0.05) is 20.1 Å². The summed E-state index contributed by atoms with van der Waals surface area (Å²) in [7, 11) is 3.16. The number of nitrogens with zero attached hydrogens (tertiary/aromatic N) is 1. The fourth-order valence-electron chi connectivity index (χ4n) is 2.67. The van der Waals surface area contributed by atoms with Crippen LogP contribution in [0, 0.1) is 11.2 Å². The Morgan fingerprint density at radius 1 is 1.50 bits per heavy atom.